The van der Waals surface area contributed by atoms with E-state index >= 15 is 0 Å². The summed E-state index contributed by atoms with van der Waals surface area (Å²) in [7, 11) is 0. The van der Waals surface area contributed by atoms with Crippen molar-refractivity contribution in [1.82, 2.24) is 9.78 Å². The summed E-state index contributed by atoms with van der Waals surface area (Å²) in [5.41, 5.74) is 2.09. The maximum Gasteiger partial charge on any atom is 0.176 e. The Morgan fingerprint density at radius 2 is 1.70 bits per heavy atom. The molecular weight excluding hydrogens is 376 g/mol. The fraction of sp³-hybridized carbons (Fsp3) is 0.0476. The summed E-state index contributed by atoms with van der Waals surface area (Å²) in [4.78, 5) is 0. The van der Waals surface area contributed by atoms with Crippen LogP contribution in [0.3, 0.4) is 0 Å². The zero-order valence-corrected chi connectivity index (χ0v) is 16.0. The van der Waals surface area contributed by atoms with Crippen LogP contribution in [-0.4, -0.2) is 14.9 Å². The highest BCUT2D eigenvalue weighted by Gasteiger charge is 2.05. The van der Waals surface area contributed by atoms with E-state index in [1.807, 2.05) is 65.5 Å². The van der Waals surface area contributed by atoms with Crippen LogP contribution in [0.5, 0.6) is 0 Å². The molecule has 0 bridgehead atoms. The highest BCUT2D eigenvalue weighted by atomic mass is 35.5. The van der Waals surface area contributed by atoms with Crippen LogP contribution in [0.2, 0.25) is 5.02 Å². The van der Waals surface area contributed by atoms with E-state index < -0.39 is 0 Å². The molecule has 0 spiro atoms. The fourth-order valence-corrected chi connectivity index (χ4v) is 3.24. The second-order valence-electron chi connectivity index (χ2n) is 6.13. The summed E-state index contributed by atoms with van der Waals surface area (Å²) >= 11 is 11.4. The summed E-state index contributed by atoms with van der Waals surface area (Å²) in [6.07, 6.45) is 1.91. The number of nitrogens with zero attached hydrogens (tertiary/aromatic N) is 2. The van der Waals surface area contributed by atoms with Crippen LogP contribution in [0.15, 0.2) is 79.0 Å². The molecule has 0 aliphatic rings. The van der Waals surface area contributed by atoms with E-state index in [1.54, 1.807) is 0 Å². The molecule has 0 aliphatic heterocycles. The first-order chi connectivity index (χ1) is 13.2. The average Bonchev–Trinajstić information content (AvgIpc) is 3.10. The van der Waals surface area contributed by atoms with Crippen molar-refractivity contribution < 1.29 is 0 Å². The lowest BCUT2D eigenvalue weighted by atomic mass is 10.1. The standard InChI is InChI=1S/C21H17ClN4S/c22-17-10-8-15(9-11-17)14-26-13-12-20(25-26)24-21(27)23-19-7-3-5-16-4-1-2-6-18(16)19/h1-13H,14H2,(H2,23,24,25,27). The number of thiocarbonyl (C=S) groups is 1. The van der Waals surface area contributed by atoms with E-state index in [-0.39, 0.29) is 0 Å². The number of hydrogen-bond acceptors (Lipinski definition) is 2. The van der Waals surface area contributed by atoms with Gasteiger partial charge in [-0.15, -0.1) is 0 Å². The third kappa shape index (κ3) is 4.27. The number of nitrogens with one attached hydrogen (secondary N) is 2. The van der Waals surface area contributed by atoms with Crippen molar-refractivity contribution in [2.75, 3.05) is 10.6 Å². The number of aromatic nitrogens is 2. The topological polar surface area (TPSA) is 41.9 Å². The van der Waals surface area contributed by atoms with Crippen LogP contribution in [0.4, 0.5) is 11.5 Å². The molecule has 4 nitrogen and oxygen atoms in total. The maximum absolute atomic E-state index is 5.93. The van der Waals surface area contributed by atoms with Crippen molar-refractivity contribution in [2.45, 2.75) is 6.54 Å². The van der Waals surface area contributed by atoms with Gasteiger partial charge in [-0.2, -0.15) is 5.10 Å². The molecule has 0 saturated carbocycles. The lowest BCUT2D eigenvalue weighted by molar-refractivity contribution is 0.690. The van der Waals surface area contributed by atoms with Gasteiger partial charge in [-0.3, -0.25) is 4.68 Å². The van der Waals surface area contributed by atoms with E-state index in [4.69, 9.17) is 23.8 Å². The van der Waals surface area contributed by atoms with Gasteiger partial charge in [0.05, 0.1) is 6.54 Å². The molecule has 1 aromatic heterocycles. The van der Waals surface area contributed by atoms with Crippen molar-refractivity contribution in [3.05, 3.63) is 89.6 Å². The van der Waals surface area contributed by atoms with Crippen molar-refractivity contribution in [2.24, 2.45) is 0 Å². The molecule has 0 saturated heterocycles. The molecule has 0 unspecified atom stereocenters. The SMILES string of the molecule is S=C(Nc1ccn(Cc2ccc(Cl)cc2)n1)Nc1cccc2ccccc12. The molecule has 3 aromatic carbocycles. The van der Waals surface area contributed by atoms with Gasteiger partial charge in [0.15, 0.2) is 10.9 Å². The van der Waals surface area contributed by atoms with Crippen molar-refractivity contribution in [1.29, 1.82) is 0 Å². The first kappa shape index (κ1) is 17.5. The van der Waals surface area contributed by atoms with E-state index in [2.05, 4.69) is 33.9 Å². The lowest BCUT2D eigenvalue weighted by Crippen LogP contribution is -2.19. The summed E-state index contributed by atoms with van der Waals surface area (Å²) in [5, 5.41) is 14.4. The van der Waals surface area contributed by atoms with Gasteiger partial charge in [-0.25, -0.2) is 0 Å². The van der Waals surface area contributed by atoms with Crippen LogP contribution in [-0.2, 0) is 6.54 Å². The minimum Gasteiger partial charge on any atom is -0.332 e. The van der Waals surface area contributed by atoms with Gasteiger partial charge >= 0.3 is 0 Å². The highest BCUT2D eigenvalue weighted by molar-refractivity contribution is 7.80. The van der Waals surface area contributed by atoms with Gasteiger partial charge in [0.25, 0.3) is 0 Å². The molecule has 1 heterocycles. The van der Waals surface area contributed by atoms with Gasteiger partial charge in [0, 0.05) is 28.4 Å². The molecule has 27 heavy (non-hydrogen) atoms. The van der Waals surface area contributed by atoms with E-state index in [0.717, 1.165) is 27.0 Å². The number of halogens is 1. The summed E-state index contributed by atoms with van der Waals surface area (Å²) in [5.74, 6) is 0.696. The largest absolute Gasteiger partial charge is 0.332 e. The van der Waals surface area contributed by atoms with E-state index in [0.29, 0.717) is 17.5 Å². The van der Waals surface area contributed by atoms with Gasteiger partial charge in [-0.05, 0) is 41.4 Å². The third-order valence-corrected chi connectivity index (χ3v) is 4.63. The molecule has 2 N–H and O–H groups in total. The molecule has 0 atom stereocenters. The second kappa shape index (κ2) is 7.78. The minimum atomic E-state index is 0.503. The van der Waals surface area contributed by atoms with Gasteiger partial charge in [0.1, 0.15) is 0 Å². The zero-order valence-electron chi connectivity index (χ0n) is 14.4. The van der Waals surface area contributed by atoms with Gasteiger partial charge < -0.3 is 10.6 Å². The van der Waals surface area contributed by atoms with E-state index in [1.165, 1.54) is 0 Å². The zero-order chi connectivity index (χ0) is 18.6. The summed E-state index contributed by atoms with van der Waals surface area (Å²) in [6, 6.07) is 23.9. The second-order valence-corrected chi connectivity index (χ2v) is 6.98. The number of hydrogen-bond donors (Lipinski definition) is 2. The number of rotatable bonds is 4. The number of anilines is 2. The molecule has 0 aliphatic carbocycles. The highest BCUT2D eigenvalue weighted by Crippen LogP contribution is 2.23. The predicted molar refractivity (Wildman–Crippen MR) is 117 cm³/mol. The lowest BCUT2D eigenvalue weighted by Gasteiger charge is -2.11. The molecule has 4 aromatic rings. The fourth-order valence-electron chi connectivity index (χ4n) is 2.90. The normalized spacial score (nSPS) is 10.7. The third-order valence-electron chi connectivity index (χ3n) is 4.18. The molecule has 0 fully saturated rings. The first-order valence-electron chi connectivity index (χ1n) is 8.51. The Bertz CT molecular complexity index is 1080. The van der Waals surface area contributed by atoms with Crippen LogP contribution in [0.25, 0.3) is 10.8 Å². The molecule has 134 valence electrons. The maximum atomic E-state index is 5.93. The molecule has 6 heteroatoms. The Balaban J connectivity index is 1.42. The Kier molecular flexibility index (Phi) is 5.05. The van der Waals surface area contributed by atoms with Crippen LogP contribution >= 0.6 is 23.8 Å². The van der Waals surface area contributed by atoms with E-state index in [9.17, 15) is 0 Å². The predicted octanol–water partition coefficient (Wildman–Crippen LogP) is 5.55. The quantitative estimate of drug-likeness (QED) is 0.447. The number of fused-ring (bicyclic) bond motifs is 1. The molecule has 4 rings (SSSR count). The van der Waals surface area contributed by atoms with Gasteiger partial charge in [-0.1, -0.05) is 60.1 Å². The molecular formula is C21H17ClN4S. The Hall–Kier alpha value is -2.89. The molecule has 0 amide bonds. The van der Waals surface area contributed by atoms with Crippen LogP contribution in [0, 0.1) is 0 Å². The van der Waals surface area contributed by atoms with Crippen LogP contribution < -0.4 is 10.6 Å². The first-order valence-corrected chi connectivity index (χ1v) is 9.30. The smallest absolute Gasteiger partial charge is 0.176 e. The van der Waals surface area contributed by atoms with Gasteiger partial charge in [0.2, 0.25) is 0 Å². The number of benzene rings is 3. The van der Waals surface area contributed by atoms with Crippen molar-refractivity contribution in [3.8, 4) is 0 Å². The van der Waals surface area contributed by atoms with Crippen LogP contribution in [0.1, 0.15) is 5.56 Å². The monoisotopic (exact) mass is 392 g/mol. The molecule has 0 radical (unpaired) electrons. The Morgan fingerprint density at radius 1 is 0.926 bits per heavy atom. The van der Waals surface area contributed by atoms with Crippen molar-refractivity contribution >= 4 is 51.2 Å². The minimum absolute atomic E-state index is 0.503. The Labute approximate surface area is 167 Å². The Morgan fingerprint density at radius 3 is 2.56 bits per heavy atom. The average molecular weight is 393 g/mol. The summed E-state index contributed by atoms with van der Waals surface area (Å²) in [6.45, 7) is 0.669. The summed E-state index contributed by atoms with van der Waals surface area (Å²) < 4.78 is 1.85. The van der Waals surface area contributed by atoms with Crippen molar-refractivity contribution in [3.63, 3.8) is 0 Å².